The van der Waals surface area contributed by atoms with E-state index >= 15 is 0 Å². The van der Waals surface area contributed by atoms with Gasteiger partial charge in [-0.2, -0.15) is 0 Å². The topological polar surface area (TPSA) is 32.3 Å². The minimum Gasteiger partial charge on any atom is -0.351 e. The monoisotopic (exact) mass is 422 g/mol. The zero-order valence-corrected chi connectivity index (χ0v) is 15.6. The standard InChI is InChI=1S/C14H20Br2N2OS/c1-10-3-7-18(8-4-10)6-2-5-17-14(19)12-9-11(15)13(16)20-12/h9-10H,2-8H2,1H3,(H,17,19). The molecule has 0 bridgehead atoms. The van der Waals surface area contributed by atoms with Crippen LogP contribution in [0.15, 0.2) is 14.3 Å². The molecular weight excluding hydrogens is 404 g/mol. The Morgan fingerprint density at radius 1 is 1.45 bits per heavy atom. The summed E-state index contributed by atoms with van der Waals surface area (Å²) in [6.07, 6.45) is 3.64. The van der Waals surface area contributed by atoms with Crippen LogP contribution in [0.1, 0.15) is 35.9 Å². The zero-order chi connectivity index (χ0) is 14.5. The van der Waals surface area contributed by atoms with Gasteiger partial charge >= 0.3 is 0 Å². The van der Waals surface area contributed by atoms with Gasteiger partial charge in [0.2, 0.25) is 0 Å². The van der Waals surface area contributed by atoms with Gasteiger partial charge in [0.05, 0.1) is 8.66 Å². The van der Waals surface area contributed by atoms with Crippen LogP contribution in [0, 0.1) is 5.92 Å². The van der Waals surface area contributed by atoms with Gasteiger partial charge in [0.25, 0.3) is 5.91 Å². The first-order valence-electron chi connectivity index (χ1n) is 7.01. The van der Waals surface area contributed by atoms with Gasteiger partial charge in [-0.3, -0.25) is 4.79 Å². The second kappa shape index (κ2) is 7.92. The minimum absolute atomic E-state index is 0.0219. The van der Waals surface area contributed by atoms with Gasteiger partial charge in [-0.1, -0.05) is 6.92 Å². The van der Waals surface area contributed by atoms with Crippen LogP contribution >= 0.6 is 43.2 Å². The summed E-state index contributed by atoms with van der Waals surface area (Å²) in [5, 5.41) is 2.99. The summed E-state index contributed by atoms with van der Waals surface area (Å²) in [4.78, 5) is 15.2. The Kier molecular flexibility index (Phi) is 6.52. The Labute approximate surface area is 141 Å². The highest BCUT2D eigenvalue weighted by molar-refractivity contribution is 9.13. The van der Waals surface area contributed by atoms with Crippen LogP contribution < -0.4 is 5.32 Å². The molecule has 1 saturated heterocycles. The van der Waals surface area contributed by atoms with Gasteiger partial charge in [-0.05, 0) is 82.7 Å². The van der Waals surface area contributed by atoms with Crippen molar-refractivity contribution in [1.29, 1.82) is 0 Å². The average Bonchev–Trinajstić information content (AvgIpc) is 2.77. The number of nitrogens with one attached hydrogen (secondary N) is 1. The molecule has 2 rings (SSSR count). The normalized spacial score (nSPS) is 17.4. The molecule has 1 aliphatic rings. The van der Waals surface area contributed by atoms with Crippen LogP contribution in [0.3, 0.4) is 0 Å². The zero-order valence-electron chi connectivity index (χ0n) is 11.6. The molecule has 1 aromatic rings. The van der Waals surface area contributed by atoms with E-state index in [1.165, 1.54) is 37.3 Å². The maximum Gasteiger partial charge on any atom is 0.261 e. The van der Waals surface area contributed by atoms with Gasteiger partial charge in [0.15, 0.2) is 0 Å². The van der Waals surface area contributed by atoms with Gasteiger partial charge in [-0.15, -0.1) is 11.3 Å². The number of hydrogen-bond donors (Lipinski definition) is 1. The molecule has 2 heterocycles. The first-order chi connectivity index (χ1) is 9.56. The molecule has 0 radical (unpaired) electrons. The van der Waals surface area contributed by atoms with Crippen molar-refractivity contribution in [3.8, 4) is 0 Å². The maximum absolute atomic E-state index is 11.9. The molecular formula is C14H20Br2N2OS. The Morgan fingerprint density at radius 2 is 2.15 bits per heavy atom. The van der Waals surface area contributed by atoms with Crippen LogP contribution in [-0.2, 0) is 0 Å². The van der Waals surface area contributed by atoms with E-state index in [-0.39, 0.29) is 5.91 Å². The molecule has 6 heteroatoms. The Morgan fingerprint density at radius 3 is 2.75 bits per heavy atom. The fraction of sp³-hybridized carbons (Fsp3) is 0.643. The first-order valence-corrected chi connectivity index (χ1v) is 9.42. The molecule has 1 fully saturated rings. The molecule has 0 atom stereocenters. The summed E-state index contributed by atoms with van der Waals surface area (Å²) in [6, 6.07) is 1.86. The van der Waals surface area contributed by atoms with Crippen molar-refractivity contribution in [3.63, 3.8) is 0 Å². The van der Waals surface area contributed by atoms with Crippen LogP contribution in [0.4, 0.5) is 0 Å². The predicted molar refractivity (Wildman–Crippen MR) is 91.5 cm³/mol. The average molecular weight is 424 g/mol. The highest BCUT2D eigenvalue weighted by atomic mass is 79.9. The molecule has 112 valence electrons. The van der Waals surface area contributed by atoms with E-state index in [2.05, 4.69) is 49.0 Å². The number of halogens is 2. The molecule has 1 aliphatic heterocycles. The van der Waals surface area contributed by atoms with Gasteiger partial charge in [0.1, 0.15) is 0 Å². The summed E-state index contributed by atoms with van der Waals surface area (Å²) in [5.74, 6) is 0.898. The lowest BCUT2D eigenvalue weighted by atomic mass is 9.99. The van der Waals surface area contributed by atoms with E-state index in [9.17, 15) is 4.79 Å². The molecule has 0 saturated carbocycles. The van der Waals surface area contributed by atoms with E-state index in [0.717, 1.165) is 38.6 Å². The highest BCUT2D eigenvalue weighted by Crippen LogP contribution is 2.32. The largest absolute Gasteiger partial charge is 0.351 e. The first kappa shape index (κ1) is 16.5. The molecule has 0 spiro atoms. The predicted octanol–water partition coefficient (Wildman–Crippen LogP) is 4.12. The lowest BCUT2D eigenvalue weighted by Gasteiger charge is -2.30. The van der Waals surface area contributed by atoms with E-state index in [0.29, 0.717) is 0 Å². The van der Waals surface area contributed by atoms with Gasteiger partial charge < -0.3 is 10.2 Å². The van der Waals surface area contributed by atoms with Gasteiger partial charge in [0, 0.05) is 11.0 Å². The molecule has 0 unspecified atom stereocenters. The summed E-state index contributed by atoms with van der Waals surface area (Å²) in [5.41, 5.74) is 0. The van der Waals surface area contributed by atoms with Crippen molar-refractivity contribution in [1.82, 2.24) is 10.2 Å². The molecule has 1 N–H and O–H groups in total. The SMILES string of the molecule is CC1CCN(CCCNC(=O)c2cc(Br)c(Br)s2)CC1. The third kappa shape index (κ3) is 4.83. The molecule has 0 aromatic carbocycles. The summed E-state index contributed by atoms with van der Waals surface area (Å²) in [7, 11) is 0. The number of carbonyl (C=O) groups is 1. The smallest absolute Gasteiger partial charge is 0.261 e. The van der Waals surface area contributed by atoms with Crippen molar-refractivity contribution in [2.75, 3.05) is 26.2 Å². The summed E-state index contributed by atoms with van der Waals surface area (Å²) >= 11 is 8.26. The second-order valence-electron chi connectivity index (χ2n) is 5.37. The molecule has 1 amide bonds. The Hall–Kier alpha value is 0.0900. The van der Waals surface area contributed by atoms with E-state index in [4.69, 9.17) is 0 Å². The number of piperidine rings is 1. The minimum atomic E-state index is 0.0219. The maximum atomic E-state index is 11.9. The third-order valence-corrected chi connectivity index (χ3v) is 6.94. The van der Waals surface area contributed by atoms with Gasteiger partial charge in [-0.25, -0.2) is 0 Å². The summed E-state index contributed by atoms with van der Waals surface area (Å²) in [6.45, 7) is 6.58. The number of amides is 1. The molecule has 3 nitrogen and oxygen atoms in total. The van der Waals surface area contributed by atoms with Crippen molar-refractivity contribution in [3.05, 3.63) is 19.2 Å². The fourth-order valence-electron chi connectivity index (χ4n) is 2.34. The van der Waals surface area contributed by atoms with E-state index < -0.39 is 0 Å². The molecule has 0 aliphatic carbocycles. The lowest BCUT2D eigenvalue weighted by Crippen LogP contribution is -2.35. The quantitative estimate of drug-likeness (QED) is 0.722. The number of carbonyl (C=O) groups excluding carboxylic acids is 1. The molecule has 1 aromatic heterocycles. The van der Waals surface area contributed by atoms with E-state index in [1.54, 1.807) is 0 Å². The number of hydrogen-bond acceptors (Lipinski definition) is 3. The third-order valence-electron chi connectivity index (χ3n) is 3.68. The number of nitrogens with zero attached hydrogens (tertiary/aromatic N) is 1. The van der Waals surface area contributed by atoms with Crippen molar-refractivity contribution in [2.24, 2.45) is 5.92 Å². The summed E-state index contributed by atoms with van der Waals surface area (Å²) < 4.78 is 1.90. The lowest BCUT2D eigenvalue weighted by molar-refractivity contribution is 0.0954. The number of thiophene rings is 1. The van der Waals surface area contributed by atoms with Crippen molar-refractivity contribution >= 4 is 49.1 Å². The van der Waals surface area contributed by atoms with Crippen LogP contribution in [0.5, 0.6) is 0 Å². The van der Waals surface area contributed by atoms with Crippen molar-refractivity contribution in [2.45, 2.75) is 26.2 Å². The van der Waals surface area contributed by atoms with Crippen LogP contribution in [-0.4, -0.2) is 37.0 Å². The van der Waals surface area contributed by atoms with Crippen LogP contribution in [0.2, 0.25) is 0 Å². The number of rotatable bonds is 5. The number of likely N-dealkylation sites (tertiary alicyclic amines) is 1. The van der Waals surface area contributed by atoms with Crippen molar-refractivity contribution < 1.29 is 4.79 Å². The Bertz CT molecular complexity index is 437. The molecule has 20 heavy (non-hydrogen) atoms. The fourth-order valence-corrected chi connectivity index (χ4v) is 4.29. The van der Waals surface area contributed by atoms with E-state index in [1.807, 2.05) is 6.07 Å². The highest BCUT2D eigenvalue weighted by Gasteiger charge is 2.15. The van der Waals surface area contributed by atoms with Crippen LogP contribution in [0.25, 0.3) is 0 Å². The second-order valence-corrected chi connectivity index (χ2v) is 8.59. The Balaban J connectivity index is 1.64.